The van der Waals surface area contributed by atoms with Crippen molar-refractivity contribution in [3.8, 4) is 6.07 Å². The van der Waals surface area contributed by atoms with Crippen LogP contribution in [0.3, 0.4) is 0 Å². The van der Waals surface area contributed by atoms with Gasteiger partial charge in [0.2, 0.25) is 0 Å². The molecule has 80 valence electrons. The second-order valence-corrected chi connectivity index (χ2v) is 5.12. The fourth-order valence-corrected chi connectivity index (χ4v) is 2.80. The standard InChI is InChI=1S/C12H8BrNOS/c13-10-4-9(7-14)5-12(6-10)16-8-11-2-1-3-15-11/h1-6H,8H2. The van der Waals surface area contributed by atoms with E-state index < -0.39 is 0 Å². The zero-order valence-electron chi connectivity index (χ0n) is 8.31. The summed E-state index contributed by atoms with van der Waals surface area (Å²) in [6.45, 7) is 0. The van der Waals surface area contributed by atoms with Crippen LogP contribution in [0.4, 0.5) is 0 Å². The Hall–Kier alpha value is -1.18. The average molecular weight is 294 g/mol. The molecule has 0 aliphatic carbocycles. The van der Waals surface area contributed by atoms with E-state index in [1.54, 1.807) is 24.1 Å². The zero-order chi connectivity index (χ0) is 11.4. The summed E-state index contributed by atoms with van der Waals surface area (Å²) in [6.07, 6.45) is 1.66. The zero-order valence-corrected chi connectivity index (χ0v) is 10.7. The molecule has 1 aromatic heterocycles. The molecule has 0 aliphatic rings. The van der Waals surface area contributed by atoms with Gasteiger partial charge in [-0.3, -0.25) is 0 Å². The molecule has 0 saturated heterocycles. The first-order valence-electron chi connectivity index (χ1n) is 4.64. The van der Waals surface area contributed by atoms with Crippen LogP contribution in [-0.2, 0) is 5.75 Å². The van der Waals surface area contributed by atoms with Crippen LogP contribution in [0.1, 0.15) is 11.3 Å². The molecule has 2 aromatic rings. The van der Waals surface area contributed by atoms with Crippen LogP contribution >= 0.6 is 27.7 Å². The van der Waals surface area contributed by atoms with Crippen molar-refractivity contribution in [3.63, 3.8) is 0 Å². The number of rotatable bonds is 3. The lowest BCUT2D eigenvalue weighted by Gasteiger charge is -2.01. The first-order valence-corrected chi connectivity index (χ1v) is 6.41. The number of benzene rings is 1. The third-order valence-corrected chi connectivity index (χ3v) is 3.42. The highest BCUT2D eigenvalue weighted by molar-refractivity contribution is 9.10. The van der Waals surface area contributed by atoms with Crippen molar-refractivity contribution < 1.29 is 4.42 Å². The second kappa shape index (κ2) is 5.24. The van der Waals surface area contributed by atoms with Crippen molar-refractivity contribution >= 4 is 27.7 Å². The van der Waals surface area contributed by atoms with Crippen LogP contribution in [0.5, 0.6) is 0 Å². The lowest BCUT2D eigenvalue weighted by Crippen LogP contribution is -1.80. The maximum atomic E-state index is 8.84. The number of halogens is 1. The topological polar surface area (TPSA) is 36.9 Å². The third kappa shape index (κ3) is 2.91. The highest BCUT2D eigenvalue weighted by atomic mass is 79.9. The molecule has 2 rings (SSSR count). The summed E-state index contributed by atoms with van der Waals surface area (Å²) in [6, 6.07) is 11.6. The molecule has 0 fully saturated rings. The molecular weight excluding hydrogens is 286 g/mol. The van der Waals surface area contributed by atoms with Gasteiger partial charge in [0.25, 0.3) is 0 Å². The number of hydrogen-bond donors (Lipinski definition) is 0. The van der Waals surface area contributed by atoms with Crippen LogP contribution in [-0.4, -0.2) is 0 Å². The number of hydrogen-bond acceptors (Lipinski definition) is 3. The van der Waals surface area contributed by atoms with E-state index in [0.717, 1.165) is 20.9 Å². The fourth-order valence-electron chi connectivity index (χ4n) is 1.26. The predicted octanol–water partition coefficient (Wildman–Crippen LogP) is 4.21. The van der Waals surface area contributed by atoms with Gasteiger partial charge in [0, 0.05) is 9.37 Å². The van der Waals surface area contributed by atoms with Crippen LogP contribution in [0.25, 0.3) is 0 Å². The van der Waals surface area contributed by atoms with Crippen molar-refractivity contribution in [2.75, 3.05) is 0 Å². The summed E-state index contributed by atoms with van der Waals surface area (Å²) in [5.74, 6) is 1.71. The van der Waals surface area contributed by atoms with Gasteiger partial charge in [0.15, 0.2) is 0 Å². The lowest BCUT2D eigenvalue weighted by atomic mass is 10.2. The van der Waals surface area contributed by atoms with E-state index in [1.807, 2.05) is 24.3 Å². The molecule has 0 spiro atoms. The van der Waals surface area contributed by atoms with Gasteiger partial charge in [-0.15, -0.1) is 11.8 Å². The van der Waals surface area contributed by atoms with Crippen molar-refractivity contribution in [1.29, 1.82) is 5.26 Å². The molecule has 0 amide bonds. The molecule has 2 nitrogen and oxygen atoms in total. The quantitative estimate of drug-likeness (QED) is 0.796. The Bertz CT molecular complexity index is 516. The maximum Gasteiger partial charge on any atom is 0.113 e. The summed E-state index contributed by atoms with van der Waals surface area (Å²) >= 11 is 5.03. The molecular formula is C12H8BrNOS. The van der Waals surface area contributed by atoms with Crippen LogP contribution in [0.15, 0.2) is 50.4 Å². The lowest BCUT2D eigenvalue weighted by molar-refractivity contribution is 0.530. The van der Waals surface area contributed by atoms with Crippen LogP contribution < -0.4 is 0 Å². The monoisotopic (exact) mass is 293 g/mol. The van der Waals surface area contributed by atoms with E-state index >= 15 is 0 Å². The summed E-state index contributed by atoms with van der Waals surface area (Å²) in [7, 11) is 0. The predicted molar refractivity (Wildman–Crippen MR) is 67.1 cm³/mol. The minimum absolute atomic E-state index is 0.663. The highest BCUT2D eigenvalue weighted by Crippen LogP contribution is 2.27. The van der Waals surface area contributed by atoms with E-state index in [4.69, 9.17) is 9.68 Å². The van der Waals surface area contributed by atoms with Crippen molar-refractivity contribution in [2.45, 2.75) is 10.6 Å². The molecule has 0 radical (unpaired) electrons. The van der Waals surface area contributed by atoms with Gasteiger partial charge in [-0.1, -0.05) is 15.9 Å². The van der Waals surface area contributed by atoms with Crippen molar-refractivity contribution in [1.82, 2.24) is 0 Å². The molecule has 1 heterocycles. The Balaban J connectivity index is 2.10. The smallest absolute Gasteiger partial charge is 0.113 e. The first kappa shape index (κ1) is 11.3. The Morgan fingerprint density at radius 2 is 2.25 bits per heavy atom. The van der Waals surface area contributed by atoms with E-state index in [1.165, 1.54) is 0 Å². The Kier molecular flexibility index (Phi) is 3.70. The van der Waals surface area contributed by atoms with E-state index in [0.29, 0.717) is 5.56 Å². The van der Waals surface area contributed by atoms with Gasteiger partial charge in [0.1, 0.15) is 5.76 Å². The third-order valence-electron chi connectivity index (χ3n) is 1.96. The van der Waals surface area contributed by atoms with Crippen LogP contribution in [0.2, 0.25) is 0 Å². The van der Waals surface area contributed by atoms with Gasteiger partial charge < -0.3 is 4.42 Å². The number of nitrogens with zero attached hydrogens (tertiary/aromatic N) is 1. The van der Waals surface area contributed by atoms with Gasteiger partial charge >= 0.3 is 0 Å². The summed E-state index contributed by atoms with van der Waals surface area (Å²) in [5, 5.41) is 8.84. The first-order chi connectivity index (χ1) is 7.78. The average Bonchev–Trinajstić information content (AvgIpc) is 2.78. The largest absolute Gasteiger partial charge is 0.468 e. The molecule has 0 saturated carbocycles. The number of thioether (sulfide) groups is 1. The second-order valence-electron chi connectivity index (χ2n) is 3.16. The molecule has 1 aromatic carbocycles. The SMILES string of the molecule is N#Cc1cc(Br)cc(SCc2ccco2)c1. The summed E-state index contributed by atoms with van der Waals surface area (Å²) < 4.78 is 6.17. The molecule has 0 unspecified atom stereocenters. The van der Waals surface area contributed by atoms with E-state index in [9.17, 15) is 0 Å². The van der Waals surface area contributed by atoms with Gasteiger partial charge in [-0.2, -0.15) is 5.26 Å². The highest BCUT2D eigenvalue weighted by Gasteiger charge is 2.02. The minimum atomic E-state index is 0.663. The van der Waals surface area contributed by atoms with Crippen molar-refractivity contribution in [3.05, 3.63) is 52.4 Å². The van der Waals surface area contributed by atoms with Gasteiger partial charge in [-0.25, -0.2) is 0 Å². The summed E-state index contributed by atoms with van der Waals surface area (Å²) in [5.41, 5.74) is 0.663. The number of furan rings is 1. The molecule has 4 heteroatoms. The molecule has 16 heavy (non-hydrogen) atoms. The normalized spacial score (nSPS) is 10.0. The van der Waals surface area contributed by atoms with Gasteiger partial charge in [0.05, 0.1) is 23.6 Å². The maximum absolute atomic E-state index is 8.84. The summed E-state index contributed by atoms with van der Waals surface area (Å²) in [4.78, 5) is 1.06. The van der Waals surface area contributed by atoms with Gasteiger partial charge in [-0.05, 0) is 30.3 Å². The fraction of sp³-hybridized carbons (Fsp3) is 0.0833. The molecule has 0 bridgehead atoms. The van der Waals surface area contributed by atoms with Crippen molar-refractivity contribution in [2.24, 2.45) is 0 Å². The molecule has 0 N–H and O–H groups in total. The van der Waals surface area contributed by atoms with E-state index in [2.05, 4.69) is 22.0 Å². The Labute approximate surface area is 106 Å². The molecule has 0 atom stereocenters. The Morgan fingerprint density at radius 3 is 2.94 bits per heavy atom. The van der Waals surface area contributed by atoms with E-state index in [-0.39, 0.29) is 0 Å². The van der Waals surface area contributed by atoms with Crippen LogP contribution in [0, 0.1) is 11.3 Å². The molecule has 0 aliphatic heterocycles. The minimum Gasteiger partial charge on any atom is -0.468 e. The Morgan fingerprint density at radius 1 is 1.38 bits per heavy atom. The number of nitriles is 1.